The molecule has 182 valence electrons. The zero-order valence-electron chi connectivity index (χ0n) is 18.8. The van der Waals surface area contributed by atoms with Crippen LogP contribution in [0.1, 0.15) is 23.8 Å². The van der Waals surface area contributed by atoms with Crippen molar-refractivity contribution in [2.75, 3.05) is 25.3 Å². The minimum Gasteiger partial charge on any atom is -0.484 e. The number of nitrogens with two attached hydrogens (primary N) is 1. The molecule has 7 nitrogen and oxygen atoms in total. The number of carbonyl (C=O) groups is 2. The quantitative estimate of drug-likeness (QED) is 0.170. The van der Waals surface area contributed by atoms with Crippen molar-refractivity contribution < 1.29 is 24.2 Å². The van der Waals surface area contributed by atoms with Crippen LogP contribution < -0.4 is 10.5 Å². The Morgan fingerprint density at radius 2 is 1.88 bits per heavy atom. The maximum Gasteiger partial charge on any atom is 0.410 e. The molecule has 1 amide bonds. The lowest BCUT2D eigenvalue weighted by Crippen LogP contribution is -2.30. The highest BCUT2D eigenvalue weighted by Crippen LogP contribution is 2.33. The maximum absolute atomic E-state index is 12.4. The summed E-state index contributed by atoms with van der Waals surface area (Å²) in [6.07, 6.45) is 0.376. The molecule has 10 heteroatoms. The van der Waals surface area contributed by atoms with E-state index in [-0.39, 0.29) is 12.0 Å². The van der Waals surface area contributed by atoms with Crippen LogP contribution in [-0.4, -0.2) is 53.4 Å². The Hall–Kier alpha value is -2.40. The molecule has 3 rings (SSSR count). The van der Waals surface area contributed by atoms with Crippen LogP contribution in [0, 0.1) is 0 Å². The van der Waals surface area contributed by atoms with Crippen LogP contribution in [-0.2, 0) is 9.53 Å². The Morgan fingerprint density at radius 3 is 2.65 bits per heavy atom. The van der Waals surface area contributed by atoms with E-state index in [4.69, 9.17) is 20.3 Å². The Balaban J connectivity index is 1.48. The van der Waals surface area contributed by atoms with Gasteiger partial charge in [0.15, 0.2) is 0 Å². The van der Waals surface area contributed by atoms with Gasteiger partial charge in [-0.2, -0.15) is 0 Å². The van der Waals surface area contributed by atoms with Crippen LogP contribution in [0.3, 0.4) is 0 Å². The SMILES string of the molecule is CN(CC[C@H](Oc1cccc2ccccc12)c1cccs1)C(=O)OCSSCC[C@H](N)C(=O)O. The third-order valence-corrected chi connectivity index (χ3v) is 8.10. The van der Waals surface area contributed by atoms with E-state index in [1.54, 1.807) is 23.3 Å². The molecule has 2 atom stereocenters. The predicted molar refractivity (Wildman–Crippen MR) is 141 cm³/mol. The largest absolute Gasteiger partial charge is 0.484 e. The molecule has 3 N–H and O–H groups in total. The van der Waals surface area contributed by atoms with Crippen molar-refractivity contribution in [2.45, 2.75) is 25.0 Å². The van der Waals surface area contributed by atoms with E-state index >= 15 is 0 Å². The number of benzene rings is 2. The second-order valence-electron chi connectivity index (χ2n) is 7.51. The number of hydrogen-bond donors (Lipinski definition) is 2. The number of rotatable bonds is 13. The van der Waals surface area contributed by atoms with E-state index in [9.17, 15) is 9.59 Å². The van der Waals surface area contributed by atoms with Crippen LogP contribution in [0.15, 0.2) is 60.0 Å². The highest BCUT2D eigenvalue weighted by Gasteiger charge is 2.19. The van der Waals surface area contributed by atoms with Gasteiger partial charge in [0.1, 0.15) is 23.8 Å². The second kappa shape index (κ2) is 13.5. The molecule has 0 radical (unpaired) electrons. The van der Waals surface area contributed by atoms with E-state index in [0.29, 0.717) is 25.1 Å². The van der Waals surface area contributed by atoms with Crippen molar-refractivity contribution in [2.24, 2.45) is 5.73 Å². The van der Waals surface area contributed by atoms with Gasteiger partial charge in [-0.25, -0.2) is 4.79 Å². The first kappa shape index (κ1) is 26.2. The number of thiophene rings is 1. The Morgan fingerprint density at radius 1 is 1.09 bits per heavy atom. The molecule has 0 aliphatic carbocycles. The molecule has 34 heavy (non-hydrogen) atoms. The molecular weight excluding hydrogens is 492 g/mol. The first-order chi connectivity index (χ1) is 16.5. The van der Waals surface area contributed by atoms with Gasteiger partial charge in [0.25, 0.3) is 0 Å². The Kier molecular flexibility index (Phi) is 10.4. The summed E-state index contributed by atoms with van der Waals surface area (Å²) in [7, 11) is 4.49. The van der Waals surface area contributed by atoms with Gasteiger partial charge in [0, 0.05) is 36.0 Å². The van der Waals surface area contributed by atoms with Gasteiger partial charge in [-0.05, 0) is 29.3 Å². The Bertz CT molecular complexity index is 1060. The van der Waals surface area contributed by atoms with Gasteiger partial charge in [-0.3, -0.25) is 4.79 Å². The van der Waals surface area contributed by atoms with Gasteiger partial charge >= 0.3 is 12.1 Å². The number of ether oxygens (including phenoxy) is 2. The highest BCUT2D eigenvalue weighted by molar-refractivity contribution is 8.76. The molecule has 0 bridgehead atoms. The molecule has 1 aromatic heterocycles. The second-order valence-corrected chi connectivity index (χ2v) is 11.0. The first-order valence-corrected chi connectivity index (χ1v) is 14.1. The standard InChI is InChI=1S/C24H28N2O5S3/c1-26(24(29)30-16-34-33-15-12-19(25)23(27)28)13-11-21(22-10-5-14-32-22)31-20-9-4-7-17-6-2-3-8-18(17)20/h2-10,14,19,21H,11-13,15-16,25H2,1H3,(H,27,28)/t19-,21-/m0/s1. The topological polar surface area (TPSA) is 102 Å². The van der Waals surface area contributed by atoms with Gasteiger partial charge in [-0.1, -0.05) is 64.1 Å². The van der Waals surface area contributed by atoms with Crippen molar-refractivity contribution in [3.63, 3.8) is 0 Å². The smallest absolute Gasteiger partial charge is 0.410 e. The minimum absolute atomic E-state index is 0.178. The maximum atomic E-state index is 12.4. The van der Waals surface area contributed by atoms with Crippen LogP contribution >= 0.6 is 32.9 Å². The lowest BCUT2D eigenvalue weighted by atomic mass is 10.1. The molecular formula is C24H28N2O5S3. The fraction of sp³-hybridized carbons (Fsp3) is 0.333. The molecule has 2 aromatic carbocycles. The molecule has 0 spiro atoms. The monoisotopic (exact) mass is 520 g/mol. The fourth-order valence-electron chi connectivity index (χ4n) is 3.16. The van der Waals surface area contributed by atoms with E-state index in [1.807, 2.05) is 47.8 Å². The number of aliphatic carboxylic acids is 1. The summed E-state index contributed by atoms with van der Waals surface area (Å²) >= 11 is 1.63. The van der Waals surface area contributed by atoms with Gasteiger partial charge in [0.05, 0.1) is 0 Å². The van der Waals surface area contributed by atoms with Crippen molar-refractivity contribution >= 4 is 55.8 Å². The normalized spacial score (nSPS) is 12.8. The fourth-order valence-corrected chi connectivity index (χ4v) is 5.63. The van der Waals surface area contributed by atoms with Crippen molar-refractivity contribution in [3.05, 3.63) is 64.9 Å². The number of carboxylic acids is 1. The van der Waals surface area contributed by atoms with Gasteiger partial charge in [-0.15, -0.1) is 11.3 Å². The predicted octanol–water partition coefficient (Wildman–Crippen LogP) is 5.62. The van der Waals surface area contributed by atoms with Gasteiger partial charge in [0.2, 0.25) is 0 Å². The van der Waals surface area contributed by atoms with E-state index in [2.05, 4.69) is 12.1 Å². The van der Waals surface area contributed by atoms with Crippen LogP contribution in [0.25, 0.3) is 10.8 Å². The number of carbonyl (C=O) groups excluding carboxylic acids is 1. The van der Waals surface area contributed by atoms with Crippen LogP contribution in [0.4, 0.5) is 4.79 Å². The average Bonchev–Trinajstić information content (AvgIpc) is 3.38. The number of nitrogens with zero attached hydrogens (tertiary/aromatic N) is 1. The molecule has 0 saturated heterocycles. The number of carboxylic acid groups (broad SMARTS) is 1. The minimum atomic E-state index is -1.01. The number of amides is 1. The summed E-state index contributed by atoms with van der Waals surface area (Å²) < 4.78 is 11.7. The first-order valence-electron chi connectivity index (χ1n) is 10.7. The highest BCUT2D eigenvalue weighted by atomic mass is 33.1. The zero-order valence-corrected chi connectivity index (χ0v) is 21.2. The summed E-state index contributed by atoms with van der Waals surface area (Å²) in [5.74, 6) is 0.554. The molecule has 0 aliphatic heterocycles. The van der Waals surface area contributed by atoms with E-state index in [0.717, 1.165) is 21.4 Å². The molecule has 0 saturated carbocycles. The molecule has 1 heterocycles. The summed E-state index contributed by atoms with van der Waals surface area (Å²) in [6.45, 7) is 0.470. The molecule has 3 aromatic rings. The summed E-state index contributed by atoms with van der Waals surface area (Å²) in [4.78, 5) is 25.7. The number of hydrogen-bond acceptors (Lipinski definition) is 8. The Labute approximate surface area is 211 Å². The third-order valence-electron chi connectivity index (χ3n) is 5.06. The zero-order chi connectivity index (χ0) is 24.3. The average molecular weight is 521 g/mol. The lowest BCUT2D eigenvalue weighted by molar-refractivity contribution is -0.138. The van der Waals surface area contributed by atoms with E-state index < -0.39 is 18.1 Å². The molecule has 0 fully saturated rings. The van der Waals surface area contributed by atoms with Crippen molar-refractivity contribution in [1.82, 2.24) is 4.90 Å². The molecule has 0 unspecified atom stereocenters. The summed E-state index contributed by atoms with van der Waals surface area (Å²) in [6, 6.07) is 17.3. The van der Waals surface area contributed by atoms with Gasteiger partial charge < -0.3 is 25.2 Å². The van der Waals surface area contributed by atoms with Crippen molar-refractivity contribution in [1.29, 1.82) is 0 Å². The van der Waals surface area contributed by atoms with Crippen molar-refractivity contribution in [3.8, 4) is 5.75 Å². The number of fused-ring (bicyclic) bond motifs is 1. The molecule has 0 aliphatic rings. The summed E-state index contributed by atoms with van der Waals surface area (Å²) in [5.41, 5.74) is 5.46. The van der Waals surface area contributed by atoms with E-state index in [1.165, 1.54) is 21.6 Å². The van der Waals surface area contributed by atoms with Crippen LogP contribution in [0.2, 0.25) is 0 Å². The third kappa shape index (κ3) is 7.83. The lowest BCUT2D eigenvalue weighted by Gasteiger charge is -2.23. The summed E-state index contributed by atoms with van der Waals surface area (Å²) in [5, 5.41) is 13.0. The van der Waals surface area contributed by atoms with Crippen LogP contribution in [0.5, 0.6) is 5.75 Å².